The SMILES string of the molecule is COc1cc(C=CC(=O)N2CC[C@@]3(O)CCCC[C@H]3[C@@H]2c2ccc3c(c2)OCO3)cc(OC)c1OC. The van der Waals surface area contributed by atoms with E-state index in [1.165, 1.54) is 0 Å². The fraction of sp³-hybridized carbons (Fsp3) is 0.464. The topological polar surface area (TPSA) is 86.7 Å². The molecule has 2 fully saturated rings. The van der Waals surface area contributed by atoms with Crippen molar-refractivity contribution in [1.82, 2.24) is 4.90 Å². The fourth-order valence-electron chi connectivity index (χ4n) is 5.90. The van der Waals surface area contributed by atoms with Crippen LogP contribution in [0.3, 0.4) is 0 Å². The number of methoxy groups -OCH3 is 3. The first-order valence-electron chi connectivity index (χ1n) is 12.4. The Kier molecular flexibility index (Phi) is 6.71. The van der Waals surface area contributed by atoms with Crippen molar-refractivity contribution < 1.29 is 33.6 Å². The minimum Gasteiger partial charge on any atom is -0.493 e. The maximum atomic E-state index is 13.6. The lowest BCUT2D eigenvalue weighted by atomic mass is 9.66. The second-order valence-corrected chi connectivity index (χ2v) is 9.59. The summed E-state index contributed by atoms with van der Waals surface area (Å²) >= 11 is 0. The van der Waals surface area contributed by atoms with Gasteiger partial charge in [-0.15, -0.1) is 0 Å². The van der Waals surface area contributed by atoms with Gasteiger partial charge in [-0.3, -0.25) is 4.79 Å². The lowest BCUT2D eigenvalue weighted by molar-refractivity contribution is -0.150. The standard InChI is InChI=1S/C28H33NO7/c1-32-23-14-18(15-24(33-2)27(23)34-3)7-10-25(30)29-13-12-28(31)11-5-4-6-20(28)26(29)19-8-9-21-22(16-19)36-17-35-21/h7-10,14-16,20,26,31H,4-6,11-13,17H2,1-3H3/t20-,26-,28-/m0/s1. The number of nitrogens with zero attached hydrogens (tertiary/aromatic N) is 1. The van der Waals surface area contributed by atoms with Crippen molar-refractivity contribution in [3.05, 3.63) is 47.5 Å². The Morgan fingerprint density at radius 1 is 1.03 bits per heavy atom. The van der Waals surface area contributed by atoms with Crippen molar-refractivity contribution in [3.63, 3.8) is 0 Å². The molecule has 0 spiro atoms. The Bertz CT molecular complexity index is 1140. The van der Waals surface area contributed by atoms with Crippen LogP contribution in [0.2, 0.25) is 0 Å². The molecule has 0 radical (unpaired) electrons. The number of fused-ring (bicyclic) bond motifs is 2. The molecule has 8 nitrogen and oxygen atoms in total. The number of carbonyl (C=O) groups is 1. The number of piperidine rings is 1. The number of benzene rings is 2. The molecule has 8 heteroatoms. The average Bonchev–Trinajstić information content (AvgIpc) is 3.38. The summed E-state index contributed by atoms with van der Waals surface area (Å²) in [5, 5.41) is 11.5. The smallest absolute Gasteiger partial charge is 0.247 e. The van der Waals surface area contributed by atoms with Gasteiger partial charge in [-0.05, 0) is 60.7 Å². The summed E-state index contributed by atoms with van der Waals surface area (Å²) in [6, 6.07) is 9.18. The molecule has 1 aliphatic carbocycles. The Labute approximate surface area is 211 Å². The van der Waals surface area contributed by atoms with Gasteiger partial charge in [0, 0.05) is 18.5 Å². The zero-order valence-corrected chi connectivity index (χ0v) is 21.0. The van der Waals surface area contributed by atoms with Gasteiger partial charge >= 0.3 is 0 Å². The van der Waals surface area contributed by atoms with Crippen LogP contribution in [0.25, 0.3) is 6.08 Å². The summed E-state index contributed by atoms with van der Waals surface area (Å²) in [6.45, 7) is 0.668. The summed E-state index contributed by atoms with van der Waals surface area (Å²) in [6.07, 6.45) is 7.59. The van der Waals surface area contributed by atoms with Gasteiger partial charge in [0.25, 0.3) is 0 Å². The second-order valence-electron chi connectivity index (χ2n) is 9.59. The summed E-state index contributed by atoms with van der Waals surface area (Å²) in [7, 11) is 4.67. The molecule has 5 rings (SSSR count). The van der Waals surface area contributed by atoms with Gasteiger partial charge in [-0.1, -0.05) is 18.9 Å². The van der Waals surface area contributed by atoms with Crippen LogP contribution in [0.15, 0.2) is 36.4 Å². The predicted octanol–water partition coefficient (Wildman–Crippen LogP) is 4.35. The van der Waals surface area contributed by atoms with Crippen molar-refractivity contribution >= 4 is 12.0 Å². The number of likely N-dealkylation sites (tertiary alicyclic amines) is 1. The summed E-state index contributed by atoms with van der Waals surface area (Å²) in [4.78, 5) is 15.5. The Hall–Kier alpha value is -3.39. The molecule has 2 aromatic rings. The minimum atomic E-state index is -0.767. The van der Waals surface area contributed by atoms with Gasteiger partial charge in [-0.2, -0.15) is 0 Å². The molecule has 1 amide bonds. The van der Waals surface area contributed by atoms with E-state index in [9.17, 15) is 9.90 Å². The van der Waals surface area contributed by atoms with E-state index in [0.29, 0.717) is 41.7 Å². The molecular weight excluding hydrogens is 462 g/mol. The maximum absolute atomic E-state index is 13.6. The molecule has 1 N–H and O–H groups in total. The van der Waals surface area contributed by atoms with Gasteiger partial charge in [0.05, 0.1) is 33.0 Å². The zero-order valence-electron chi connectivity index (χ0n) is 21.0. The van der Waals surface area contributed by atoms with Crippen molar-refractivity contribution in [3.8, 4) is 28.7 Å². The van der Waals surface area contributed by atoms with E-state index in [1.54, 1.807) is 45.6 Å². The van der Waals surface area contributed by atoms with Gasteiger partial charge < -0.3 is 33.7 Å². The number of ether oxygens (including phenoxy) is 5. The van der Waals surface area contributed by atoms with E-state index >= 15 is 0 Å². The molecule has 3 atom stereocenters. The van der Waals surface area contributed by atoms with E-state index in [4.69, 9.17) is 23.7 Å². The normalized spacial score (nSPS) is 24.9. The quantitative estimate of drug-likeness (QED) is 0.597. The third-order valence-electron chi connectivity index (χ3n) is 7.69. The Morgan fingerprint density at radius 3 is 2.50 bits per heavy atom. The first kappa shape index (κ1) is 24.3. The molecule has 192 valence electrons. The van der Waals surface area contributed by atoms with Crippen LogP contribution in [0.5, 0.6) is 28.7 Å². The lowest BCUT2D eigenvalue weighted by Crippen LogP contribution is -2.56. The number of aliphatic hydroxyl groups is 1. The van der Waals surface area contributed by atoms with E-state index in [2.05, 4.69) is 0 Å². The van der Waals surface area contributed by atoms with E-state index < -0.39 is 5.60 Å². The lowest BCUT2D eigenvalue weighted by Gasteiger charge is -2.52. The highest BCUT2D eigenvalue weighted by molar-refractivity contribution is 5.92. The fourth-order valence-corrected chi connectivity index (χ4v) is 5.90. The van der Waals surface area contributed by atoms with Crippen molar-refractivity contribution in [2.75, 3.05) is 34.7 Å². The molecule has 1 saturated carbocycles. The third-order valence-corrected chi connectivity index (χ3v) is 7.69. The minimum absolute atomic E-state index is 0.0427. The highest BCUT2D eigenvalue weighted by Crippen LogP contribution is 2.50. The highest BCUT2D eigenvalue weighted by Gasteiger charge is 2.50. The highest BCUT2D eigenvalue weighted by atomic mass is 16.7. The Balaban J connectivity index is 1.47. The number of carbonyl (C=O) groups excluding carboxylic acids is 1. The third kappa shape index (κ3) is 4.34. The molecule has 0 bridgehead atoms. The maximum Gasteiger partial charge on any atom is 0.247 e. The summed E-state index contributed by atoms with van der Waals surface area (Å²) in [5.41, 5.74) is 0.943. The van der Waals surface area contributed by atoms with Gasteiger partial charge in [0.15, 0.2) is 23.0 Å². The number of hydrogen-bond acceptors (Lipinski definition) is 7. The van der Waals surface area contributed by atoms with Gasteiger partial charge in [0.2, 0.25) is 18.4 Å². The van der Waals surface area contributed by atoms with Crippen LogP contribution in [-0.2, 0) is 4.79 Å². The molecular formula is C28H33NO7. The zero-order chi connectivity index (χ0) is 25.3. The van der Waals surface area contributed by atoms with Gasteiger partial charge in [0.1, 0.15) is 0 Å². The van der Waals surface area contributed by atoms with Crippen molar-refractivity contribution in [2.45, 2.75) is 43.7 Å². The van der Waals surface area contributed by atoms with Crippen molar-refractivity contribution in [2.24, 2.45) is 5.92 Å². The molecule has 1 saturated heterocycles. The molecule has 2 heterocycles. The van der Waals surface area contributed by atoms with E-state index in [-0.39, 0.29) is 24.7 Å². The Morgan fingerprint density at radius 2 is 1.78 bits per heavy atom. The molecule has 2 aromatic carbocycles. The first-order chi connectivity index (χ1) is 17.5. The summed E-state index contributed by atoms with van der Waals surface area (Å²) < 4.78 is 27.4. The predicted molar refractivity (Wildman–Crippen MR) is 134 cm³/mol. The summed E-state index contributed by atoms with van der Waals surface area (Å²) in [5.74, 6) is 2.77. The van der Waals surface area contributed by atoms with Crippen LogP contribution >= 0.6 is 0 Å². The van der Waals surface area contributed by atoms with E-state index in [0.717, 1.165) is 36.8 Å². The van der Waals surface area contributed by atoms with Crippen LogP contribution in [0.4, 0.5) is 0 Å². The van der Waals surface area contributed by atoms with Crippen LogP contribution in [0, 0.1) is 5.92 Å². The molecule has 3 aliphatic rings. The number of hydrogen-bond donors (Lipinski definition) is 1. The molecule has 0 aromatic heterocycles. The number of rotatable bonds is 6. The number of amides is 1. The first-order valence-corrected chi connectivity index (χ1v) is 12.4. The average molecular weight is 496 g/mol. The second kappa shape index (κ2) is 9.93. The van der Waals surface area contributed by atoms with Crippen molar-refractivity contribution in [1.29, 1.82) is 0 Å². The monoisotopic (exact) mass is 495 g/mol. The van der Waals surface area contributed by atoms with Crippen LogP contribution in [-0.4, -0.2) is 56.2 Å². The van der Waals surface area contributed by atoms with E-state index in [1.807, 2.05) is 23.1 Å². The largest absolute Gasteiger partial charge is 0.493 e. The van der Waals surface area contributed by atoms with Crippen LogP contribution in [0.1, 0.15) is 49.3 Å². The molecule has 0 unspecified atom stereocenters. The molecule has 36 heavy (non-hydrogen) atoms. The molecule has 2 aliphatic heterocycles. The van der Waals surface area contributed by atoms with Crippen LogP contribution < -0.4 is 23.7 Å². The van der Waals surface area contributed by atoms with Gasteiger partial charge in [-0.25, -0.2) is 0 Å².